The molecule has 3 aromatic rings. The number of aromatic nitrogens is 1. The second-order valence-electron chi connectivity index (χ2n) is 5.86. The molecule has 0 spiro atoms. The first-order chi connectivity index (χ1) is 12.5. The molecule has 0 saturated carbocycles. The lowest BCUT2D eigenvalue weighted by molar-refractivity contribution is 0.0954. The SMILES string of the molecule is Cc1cc(/C=N\NC(=O)c2ccc(I)c(O)c2)c(C)n1-c1ccccc1. The maximum Gasteiger partial charge on any atom is 0.271 e. The monoisotopic (exact) mass is 459 g/mol. The topological polar surface area (TPSA) is 66.6 Å². The van der Waals surface area contributed by atoms with E-state index in [2.05, 4.69) is 15.1 Å². The molecule has 0 aliphatic heterocycles. The predicted molar refractivity (Wildman–Crippen MR) is 111 cm³/mol. The number of rotatable bonds is 4. The molecule has 132 valence electrons. The minimum absolute atomic E-state index is 0.0774. The molecule has 6 heteroatoms. The highest BCUT2D eigenvalue weighted by molar-refractivity contribution is 14.1. The third-order valence-electron chi connectivity index (χ3n) is 4.06. The Morgan fingerprint density at radius 2 is 1.88 bits per heavy atom. The molecule has 1 aromatic heterocycles. The van der Waals surface area contributed by atoms with E-state index in [-0.39, 0.29) is 11.7 Å². The van der Waals surface area contributed by atoms with E-state index in [0.717, 1.165) is 22.6 Å². The number of para-hydroxylation sites is 1. The lowest BCUT2D eigenvalue weighted by Gasteiger charge is -2.09. The Kier molecular flexibility index (Phi) is 5.41. The lowest BCUT2D eigenvalue weighted by Crippen LogP contribution is -2.17. The molecule has 0 bridgehead atoms. The van der Waals surface area contributed by atoms with Crippen LogP contribution in [0, 0.1) is 17.4 Å². The van der Waals surface area contributed by atoms with Crippen LogP contribution in [0.1, 0.15) is 27.3 Å². The first-order valence-corrected chi connectivity index (χ1v) is 9.11. The molecular weight excluding hydrogens is 441 g/mol. The number of phenols is 1. The zero-order valence-electron chi connectivity index (χ0n) is 14.4. The van der Waals surface area contributed by atoms with E-state index in [4.69, 9.17) is 0 Å². The van der Waals surface area contributed by atoms with Crippen molar-refractivity contribution in [3.05, 3.63) is 80.7 Å². The van der Waals surface area contributed by atoms with Gasteiger partial charge in [0.15, 0.2) is 0 Å². The number of halogens is 1. The van der Waals surface area contributed by atoms with Crippen LogP contribution in [-0.4, -0.2) is 21.8 Å². The van der Waals surface area contributed by atoms with Gasteiger partial charge in [-0.2, -0.15) is 5.10 Å². The van der Waals surface area contributed by atoms with Gasteiger partial charge < -0.3 is 9.67 Å². The quantitative estimate of drug-likeness (QED) is 0.350. The van der Waals surface area contributed by atoms with E-state index in [1.165, 1.54) is 6.07 Å². The highest BCUT2D eigenvalue weighted by Crippen LogP contribution is 2.21. The minimum Gasteiger partial charge on any atom is -0.507 e. The van der Waals surface area contributed by atoms with E-state index in [0.29, 0.717) is 9.13 Å². The number of aryl methyl sites for hydroxylation is 1. The number of hydrazone groups is 1. The highest BCUT2D eigenvalue weighted by atomic mass is 127. The van der Waals surface area contributed by atoms with Gasteiger partial charge >= 0.3 is 0 Å². The maximum atomic E-state index is 12.1. The van der Waals surface area contributed by atoms with E-state index in [9.17, 15) is 9.90 Å². The maximum absolute atomic E-state index is 12.1. The predicted octanol–water partition coefficient (Wildman–Crippen LogP) is 4.17. The van der Waals surface area contributed by atoms with Gasteiger partial charge in [0.1, 0.15) is 5.75 Å². The summed E-state index contributed by atoms with van der Waals surface area (Å²) in [6, 6.07) is 16.9. The van der Waals surface area contributed by atoms with Crippen LogP contribution < -0.4 is 5.43 Å². The van der Waals surface area contributed by atoms with Crippen LogP contribution in [0.15, 0.2) is 59.7 Å². The van der Waals surface area contributed by atoms with Crippen LogP contribution in [0.5, 0.6) is 5.75 Å². The molecule has 1 heterocycles. The number of nitrogens with zero attached hydrogens (tertiary/aromatic N) is 2. The molecular formula is C20H18IN3O2. The van der Waals surface area contributed by atoms with Crippen LogP contribution in [0.2, 0.25) is 0 Å². The Balaban J connectivity index is 1.77. The van der Waals surface area contributed by atoms with Crippen molar-refractivity contribution in [2.45, 2.75) is 13.8 Å². The largest absolute Gasteiger partial charge is 0.507 e. The molecule has 26 heavy (non-hydrogen) atoms. The van der Waals surface area contributed by atoms with Crippen molar-refractivity contribution in [3.63, 3.8) is 0 Å². The number of hydrogen-bond donors (Lipinski definition) is 2. The van der Waals surface area contributed by atoms with Crippen LogP contribution in [0.3, 0.4) is 0 Å². The summed E-state index contributed by atoms with van der Waals surface area (Å²) in [5, 5.41) is 13.8. The first kappa shape index (κ1) is 18.2. The van der Waals surface area contributed by atoms with Crippen molar-refractivity contribution in [1.29, 1.82) is 0 Å². The van der Waals surface area contributed by atoms with Crippen molar-refractivity contribution in [2.75, 3.05) is 0 Å². The van der Waals surface area contributed by atoms with Gasteiger partial charge in [0.25, 0.3) is 5.91 Å². The summed E-state index contributed by atoms with van der Waals surface area (Å²) < 4.78 is 2.83. The number of carbonyl (C=O) groups excluding carboxylic acids is 1. The Hall–Kier alpha value is -2.61. The van der Waals surface area contributed by atoms with Crippen molar-refractivity contribution < 1.29 is 9.90 Å². The Morgan fingerprint density at radius 1 is 1.15 bits per heavy atom. The van der Waals surface area contributed by atoms with E-state index < -0.39 is 0 Å². The number of nitrogens with one attached hydrogen (secondary N) is 1. The fourth-order valence-corrected chi connectivity index (χ4v) is 3.11. The van der Waals surface area contributed by atoms with Crippen molar-refractivity contribution in [3.8, 4) is 11.4 Å². The van der Waals surface area contributed by atoms with Crippen molar-refractivity contribution in [2.24, 2.45) is 5.10 Å². The van der Waals surface area contributed by atoms with Crippen molar-refractivity contribution >= 4 is 34.7 Å². The van der Waals surface area contributed by atoms with Gasteiger partial charge in [-0.15, -0.1) is 0 Å². The normalized spacial score (nSPS) is 11.0. The van der Waals surface area contributed by atoms with E-state index in [1.807, 2.05) is 72.8 Å². The van der Waals surface area contributed by atoms with Crippen LogP contribution in [0.4, 0.5) is 0 Å². The molecule has 2 aromatic carbocycles. The van der Waals surface area contributed by atoms with Gasteiger partial charge in [-0.05, 0) is 72.8 Å². The van der Waals surface area contributed by atoms with E-state index in [1.54, 1.807) is 18.3 Å². The molecule has 0 unspecified atom stereocenters. The van der Waals surface area contributed by atoms with E-state index >= 15 is 0 Å². The summed E-state index contributed by atoms with van der Waals surface area (Å²) in [5.41, 5.74) is 6.99. The van der Waals surface area contributed by atoms with Crippen LogP contribution in [0.25, 0.3) is 5.69 Å². The third kappa shape index (κ3) is 3.80. The fraction of sp³-hybridized carbons (Fsp3) is 0.100. The summed E-state index contributed by atoms with van der Waals surface area (Å²) in [5.74, 6) is -0.293. The van der Waals surface area contributed by atoms with Gasteiger partial charge in [0.2, 0.25) is 0 Å². The van der Waals surface area contributed by atoms with Gasteiger partial charge in [0.05, 0.1) is 9.78 Å². The summed E-state index contributed by atoms with van der Waals surface area (Å²) in [7, 11) is 0. The number of benzene rings is 2. The smallest absolute Gasteiger partial charge is 0.271 e. The van der Waals surface area contributed by atoms with Gasteiger partial charge in [-0.25, -0.2) is 5.43 Å². The second kappa shape index (κ2) is 7.74. The molecule has 2 N–H and O–H groups in total. The molecule has 0 radical (unpaired) electrons. The Bertz CT molecular complexity index is 978. The van der Waals surface area contributed by atoms with Gasteiger partial charge in [-0.3, -0.25) is 4.79 Å². The van der Waals surface area contributed by atoms with Crippen LogP contribution >= 0.6 is 22.6 Å². The molecule has 0 fully saturated rings. The lowest BCUT2D eigenvalue weighted by atomic mass is 10.2. The summed E-state index contributed by atoms with van der Waals surface area (Å²) in [6.45, 7) is 4.05. The zero-order valence-corrected chi connectivity index (χ0v) is 16.6. The zero-order chi connectivity index (χ0) is 18.7. The minimum atomic E-state index is -0.371. The molecule has 3 rings (SSSR count). The standard InChI is InChI=1S/C20H18IN3O2/c1-13-10-16(14(2)24(13)17-6-4-3-5-7-17)12-22-23-20(26)15-8-9-18(21)19(25)11-15/h3-12,25H,1-2H3,(H,23,26)/b22-12-. The molecule has 0 aliphatic rings. The Morgan fingerprint density at radius 3 is 2.58 bits per heavy atom. The molecule has 5 nitrogen and oxygen atoms in total. The van der Waals surface area contributed by atoms with Crippen LogP contribution in [-0.2, 0) is 0 Å². The summed E-state index contributed by atoms with van der Waals surface area (Å²) in [4.78, 5) is 12.1. The molecule has 0 aliphatic carbocycles. The number of amides is 1. The first-order valence-electron chi connectivity index (χ1n) is 8.03. The number of phenolic OH excluding ortho intramolecular Hbond substituents is 1. The molecule has 0 saturated heterocycles. The number of hydrogen-bond acceptors (Lipinski definition) is 3. The fourth-order valence-electron chi connectivity index (χ4n) is 2.77. The van der Waals surface area contributed by atoms with Gasteiger partial charge in [0, 0.05) is 28.2 Å². The highest BCUT2D eigenvalue weighted by Gasteiger charge is 2.10. The molecule has 1 amide bonds. The summed E-state index contributed by atoms with van der Waals surface area (Å²) in [6.07, 6.45) is 1.63. The summed E-state index contributed by atoms with van der Waals surface area (Å²) >= 11 is 2.00. The average molecular weight is 459 g/mol. The molecule has 0 atom stereocenters. The average Bonchev–Trinajstić information content (AvgIpc) is 2.91. The second-order valence-corrected chi connectivity index (χ2v) is 7.02. The van der Waals surface area contributed by atoms with Gasteiger partial charge in [-0.1, -0.05) is 18.2 Å². The van der Waals surface area contributed by atoms with Crippen molar-refractivity contribution in [1.82, 2.24) is 9.99 Å². The number of aromatic hydroxyl groups is 1. The third-order valence-corrected chi connectivity index (χ3v) is 4.97. The number of carbonyl (C=O) groups is 1. The Labute approximate surface area is 165 Å².